The van der Waals surface area contributed by atoms with Gasteiger partial charge in [-0.1, -0.05) is 6.07 Å². The number of carbonyl (C=O) groups excluding carboxylic acids is 1. The lowest BCUT2D eigenvalue weighted by atomic mass is 9.99. The predicted molar refractivity (Wildman–Crippen MR) is 101 cm³/mol. The molecule has 2 saturated heterocycles. The Morgan fingerprint density at radius 3 is 3.00 bits per heavy atom. The van der Waals surface area contributed by atoms with Gasteiger partial charge >= 0.3 is 0 Å². The number of likely N-dealkylation sites (tertiary alicyclic amines) is 1. The first kappa shape index (κ1) is 17.6. The highest BCUT2D eigenvalue weighted by Gasteiger charge is 2.30. The van der Waals surface area contributed by atoms with E-state index in [4.69, 9.17) is 4.74 Å². The van der Waals surface area contributed by atoms with Crippen molar-refractivity contribution in [2.24, 2.45) is 5.92 Å². The molecule has 26 heavy (non-hydrogen) atoms. The van der Waals surface area contributed by atoms with Gasteiger partial charge in [-0.25, -0.2) is 9.97 Å². The monoisotopic (exact) mass is 372 g/mol. The summed E-state index contributed by atoms with van der Waals surface area (Å²) in [6.07, 6.45) is 6.26. The quantitative estimate of drug-likeness (QED) is 0.872. The third-order valence-corrected chi connectivity index (χ3v) is 5.88. The number of hydrogen-bond acceptors (Lipinski definition) is 6. The van der Waals surface area contributed by atoms with Crippen molar-refractivity contribution in [1.29, 1.82) is 0 Å². The highest BCUT2D eigenvalue weighted by molar-refractivity contribution is 7.13. The number of ether oxygens (including phenoxy) is 1. The summed E-state index contributed by atoms with van der Waals surface area (Å²) in [5.41, 5.74) is 1.46. The van der Waals surface area contributed by atoms with E-state index in [2.05, 4.69) is 20.2 Å². The van der Waals surface area contributed by atoms with Crippen LogP contribution in [0.1, 0.15) is 47.9 Å². The lowest BCUT2D eigenvalue weighted by molar-refractivity contribution is 0.0504. The summed E-state index contributed by atoms with van der Waals surface area (Å²) in [4.78, 5) is 23.8. The number of anilines is 1. The maximum Gasteiger partial charge on any atom is 0.276 e. The van der Waals surface area contributed by atoms with Gasteiger partial charge in [-0.05, 0) is 50.3 Å². The molecule has 1 atom stereocenters. The summed E-state index contributed by atoms with van der Waals surface area (Å²) < 4.78 is 5.48. The van der Waals surface area contributed by atoms with Crippen LogP contribution >= 0.6 is 11.3 Å². The molecule has 0 saturated carbocycles. The van der Waals surface area contributed by atoms with Crippen molar-refractivity contribution in [1.82, 2.24) is 14.9 Å². The van der Waals surface area contributed by atoms with Crippen molar-refractivity contribution in [3.8, 4) is 0 Å². The Bertz CT molecular complexity index is 731. The number of pyridine rings is 1. The fraction of sp³-hybridized carbons (Fsp3) is 0.526. The molecule has 1 amide bonds. The van der Waals surface area contributed by atoms with E-state index in [1.54, 1.807) is 12.3 Å². The van der Waals surface area contributed by atoms with Crippen LogP contribution in [0.4, 0.5) is 5.13 Å². The van der Waals surface area contributed by atoms with Crippen LogP contribution in [0.2, 0.25) is 0 Å². The number of amides is 1. The minimum Gasteiger partial charge on any atom is -0.381 e. The van der Waals surface area contributed by atoms with Gasteiger partial charge in [0, 0.05) is 31.3 Å². The van der Waals surface area contributed by atoms with Crippen LogP contribution in [0.5, 0.6) is 0 Å². The van der Waals surface area contributed by atoms with Gasteiger partial charge in [0.05, 0.1) is 11.7 Å². The second-order valence-corrected chi connectivity index (χ2v) is 7.84. The zero-order valence-corrected chi connectivity index (χ0v) is 15.6. The number of hydrogen-bond donors (Lipinski definition) is 1. The predicted octanol–water partition coefficient (Wildman–Crippen LogP) is 3.35. The van der Waals surface area contributed by atoms with Gasteiger partial charge in [0.1, 0.15) is 5.69 Å². The molecular formula is C19H24N4O2S. The molecule has 7 heteroatoms. The standard InChI is InChI=1S/C19H24N4O2S/c24-18(22-19-20-8-12-26-19)16-4-1-3-15(21-16)17-5-2-9-23(17)13-14-6-10-25-11-7-14/h1,3-4,8,12,14,17H,2,5-7,9-11,13H2,(H,20,22,24)/t17-/m1/s1. The number of nitrogens with one attached hydrogen (secondary N) is 1. The lowest BCUT2D eigenvalue weighted by Crippen LogP contribution is -2.32. The molecule has 2 aromatic rings. The first-order chi connectivity index (χ1) is 12.8. The zero-order chi connectivity index (χ0) is 17.8. The number of thiazole rings is 1. The minimum atomic E-state index is -0.198. The molecule has 0 spiro atoms. The van der Waals surface area contributed by atoms with E-state index in [0.29, 0.717) is 22.8 Å². The maximum absolute atomic E-state index is 12.4. The topological polar surface area (TPSA) is 67.4 Å². The Hall–Kier alpha value is -1.83. The van der Waals surface area contributed by atoms with E-state index >= 15 is 0 Å². The van der Waals surface area contributed by atoms with Gasteiger partial charge in [-0.3, -0.25) is 15.0 Å². The molecule has 0 radical (unpaired) electrons. The number of carbonyl (C=O) groups is 1. The van der Waals surface area contributed by atoms with Crippen LogP contribution in [0, 0.1) is 5.92 Å². The smallest absolute Gasteiger partial charge is 0.276 e. The van der Waals surface area contributed by atoms with Gasteiger partial charge in [0.2, 0.25) is 0 Å². The Balaban J connectivity index is 1.45. The number of rotatable bonds is 5. The minimum absolute atomic E-state index is 0.198. The van der Waals surface area contributed by atoms with Crippen molar-refractivity contribution < 1.29 is 9.53 Å². The first-order valence-corrected chi connectivity index (χ1v) is 10.2. The SMILES string of the molecule is O=C(Nc1nccs1)c1cccc([C@H]2CCCN2CC2CCOCC2)n1. The Morgan fingerprint density at radius 1 is 1.31 bits per heavy atom. The summed E-state index contributed by atoms with van der Waals surface area (Å²) in [7, 11) is 0. The molecule has 2 aliphatic heterocycles. The van der Waals surface area contributed by atoms with E-state index in [1.807, 2.05) is 17.5 Å². The van der Waals surface area contributed by atoms with Crippen molar-refractivity contribution in [3.05, 3.63) is 41.2 Å². The third-order valence-electron chi connectivity index (χ3n) is 5.19. The van der Waals surface area contributed by atoms with E-state index in [1.165, 1.54) is 17.8 Å². The van der Waals surface area contributed by atoms with Crippen LogP contribution in [-0.2, 0) is 4.74 Å². The second-order valence-electron chi connectivity index (χ2n) is 6.95. The highest BCUT2D eigenvalue weighted by atomic mass is 32.1. The molecule has 138 valence electrons. The average molecular weight is 372 g/mol. The average Bonchev–Trinajstić information content (AvgIpc) is 3.35. The summed E-state index contributed by atoms with van der Waals surface area (Å²) >= 11 is 1.41. The molecule has 0 aliphatic carbocycles. The fourth-order valence-corrected chi connectivity index (χ4v) is 4.37. The van der Waals surface area contributed by atoms with Crippen LogP contribution in [0.3, 0.4) is 0 Å². The Morgan fingerprint density at radius 2 is 2.19 bits per heavy atom. The zero-order valence-electron chi connectivity index (χ0n) is 14.8. The van der Waals surface area contributed by atoms with E-state index in [9.17, 15) is 4.79 Å². The largest absolute Gasteiger partial charge is 0.381 e. The summed E-state index contributed by atoms with van der Waals surface area (Å²) in [5.74, 6) is 0.511. The summed E-state index contributed by atoms with van der Waals surface area (Å²) in [6, 6.07) is 6.06. The van der Waals surface area contributed by atoms with Crippen LogP contribution in [0.25, 0.3) is 0 Å². The second kappa shape index (κ2) is 8.24. The van der Waals surface area contributed by atoms with Gasteiger partial charge < -0.3 is 4.74 Å². The van der Waals surface area contributed by atoms with Gasteiger partial charge in [0.15, 0.2) is 5.13 Å². The maximum atomic E-state index is 12.4. The molecule has 2 aromatic heterocycles. The molecule has 2 aliphatic rings. The summed E-state index contributed by atoms with van der Waals surface area (Å²) in [5, 5.41) is 5.25. The molecule has 6 nitrogen and oxygen atoms in total. The molecular weight excluding hydrogens is 348 g/mol. The van der Waals surface area contributed by atoms with Crippen molar-refractivity contribution >= 4 is 22.4 Å². The lowest BCUT2D eigenvalue weighted by Gasteiger charge is -2.30. The molecule has 0 bridgehead atoms. The normalized spacial score (nSPS) is 21.8. The molecule has 4 rings (SSSR count). The van der Waals surface area contributed by atoms with Gasteiger partial charge in [0.25, 0.3) is 5.91 Å². The third kappa shape index (κ3) is 4.11. The molecule has 4 heterocycles. The van der Waals surface area contributed by atoms with Crippen LogP contribution < -0.4 is 5.32 Å². The molecule has 0 aromatic carbocycles. The van der Waals surface area contributed by atoms with E-state index in [0.717, 1.165) is 51.3 Å². The summed E-state index contributed by atoms with van der Waals surface area (Å²) in [6.45, 7) is 3.98. The van der Waals surface area contributed by atoms with Crippen molar-refractivity contribution in [2.75, 3.05) is 31.6 Å². The Kier molecular flexibility index (Phi) is 5.57. The van der Waals surface area contributed by atoms with Crippen LogP contribution in [0.15, 0.2) is 29.8 Å². The highest BCUT2D eigenvalue weighted by Crippen LogP contribution is 2.33. The van der Waals surface area contributed by atoms with Crippen molar-refractivity contribution in [2.45, 2.75) is 31.7 Å². The van der Waals surface area contributed by atoms with Crippen LogP contribution in [-0.4, -0.2) is 47.1 Å². The number of nitrogens with zero attached hydrogens (tertiary/aromatic N) is 3. The van der Waals surface area contributed by atoms with E-state index in [-0.39, 0.29) is 5.91 Å². The molecule has 1 N–H and O–H groups in total. The van der Waals surface area contributed by atoms with E-state index < -0.39 is 0 Å². The molecule has 2 fully saturated rings. The fourth-order valence-electron chi connectivity index (χ4n) is 3.85. The Labute approximate surface area is 157 Å². The first-order valence-electron chi connectivity index (χ1n) is 9.29. The molecule has 0 unspecified atom stereocenters. The number of aromatic nitrogens is 2. The van der Waals surface area contributed by atoms with Crippen molar-refractivity contribution in [3.63, 3.8) is 0 Å². The van der Waals surface area contributed by atoms with Gasteiger partial charge in [-0.15, -0.1) is 11.3 Å². The van der Waals surface area contributed by atoms with Gasteiger partial charge in [-0.2, -0.15) is 0 Å².